The zero-order valence-corrected chi connectivity index (χ0v) is 6.22. The number of hydrogen-bond acceptors (Lipinski definition) is 3. The van der Waals surface area contributed by atoms with Gasteiger partial charge in [-0.15, -0.1) is 6.42 Å². The molecule has 0 fully saturated rings. The van der Waals surface area contributed by atoms with E-state index in [0.29, 0.717) is 0 Å². The molecule has 0 aromatic rings. The van der Waals surface area contributed by atoms with Crippen LogP contribution in [0.4, 0.5) is 0 Å². The minimum absolute atomic E-state index is 0.742. The highest BCUT2D eigenvalue weighted by molar-refractivity contribution is 4.91. The second kappa shape index (κ2) is 6.56. The summed E-state index contributed by atoms with van der Waals surface area (Å²) in [7, 11) is 1.89. The van der Waals surface area contributed by atoms with E-state index in [2.05, 4.69) is 16.6 Å². The lowest BCUT2D eigenvalue weighted by Gasteiger charge is -2.04. The number of aliphatic hydroxyl groups excluding tert-OH is 1. The molecule has 3 heteroatoms. The van der Waals surface area contributed by atoms with Gasteiger partial charge < -0.3 is 10.4 Å². The maximum absolute atomic E-state index is 8.79. The Kier molecular flexibility index (Phi) is 6.19. The first-order valence-corrected chi connectivity index (χ1v) is 3.33. The molecule has 0 saturated heterocycles. The molecule has 0 aliphatic carbocycles. The van der Waals surface area contributed by atoms with Crippen molar-refractivity contribution in [2.45, 2.75) is 12.6 Å². The molecule has 0 amide bonds. The normalized spacial score (nSPS) is 12.5. The number of rotatable bonds is 5. The average molecular weight is 142 g/mol. The number of aliphatic hydroxyl groups is 1. The minimum Gasteiger partial charge on any atom is -0.367 e. The fourth-order valence-corrected chi connectivity index (χ4v) is 0.563. The van der Waals surface area contributed by atoms with E-state index in [9.17, 15) is 0 Å². The van der Waals surface area contributed by atoms with E-state index in [4.69, 9.17) is 11.5 Å². The molecule has 0 aromatic carbocycles. The standard InChI is InChI=1S/C7H14N2O/c1-3-7(10)9-6-4-5-8-2/h1,7-10H,4-6H2,2H3. The van der Waals surface area contributed by atoms with Crippen molar-refractivity contribution in [1.29, 1.82) is 0 Å². The van der Waals surface area contributed by atoms with Gasteiger partial charge in [-0.1, -0.05) is 5.92 Å². The van der Waals surface area contributed by atoms with Crippen LogP contribution in [0.25, 0.3) is 0 Å². The molecular weight excluding hydrogens is 128 g/mol. The summed E-state index contributed by atoms with van der Waals surface area (Å²) in [6, 6.07) is 0. The second-order valence-corrected chi connectivity index (χ2v) is 1.98. The molecular formula is C7H14N2O. The summed E-state index contributed by atoms with van der Waals surface area (Å²) in [5, 5.41) is 14.5. The highest BCUT2D eigenvalue weighted by Crippen LogP contribution is 1.75. The van der Waals surface area contributed by atoms with Crippen LogP contribution in [-0.4, -0.2) is 31.5 Å². The van der Waals surface area contributed by atoms with Crippen LogP contribution in [-0.2, 0) is 0 Å². The Morgan fingerprint density at radius 1 is 1.60 bits per heavy atom. The first-order valence-electron chi connectivity index (χ1n) is 3.33. The Morgan fingerprint density at radius 3 is 2.80 bits per heavy atom. The smallest absolute Gasteiger partial charge is 0.168 e. The molecule has 1 atom stereocenters. The Balaban J connectivity index is 2.98. The van der Waals surface area contributed by atoms with Crippen LogP contribution in [0.2, 0.25) is 0 Å². The Hall–Kier alpha value is -0.560. The Bertz CT molecular complexity index is 109. The molecule has 0 radical (unpaired) electrons. The van der Waals surface area contributed by atoms with Crippen molar-refractivity contribution in [3.63, 3.8) is 0 Å². The van der Waals surface area contributed by atoms with Gasteiger partial charge in [-0.25, -0.2) is 0 Å². The van der Waals surface area contributed by atoms with Gasteiger partial charge in [-0.05, 0) is 26.6 Å². The summed E-state index contributed by atoms with van der Waals surface area (Å²) in [5.74, 6) is 2.17. The maximum Gasteiger partial charge on any atom is 0.168 e. The molecule has 58 valence electrons. The molecule has 0 aliphatic rings. The summed E-state index contributed by atoms with van der Waals surface area (Å²) in [6.45, 7) is 1.68. The topological polar surface area (TPSA) is 44.3 Å². The summed E-state index contributed by atoms with van der Waals surface area (Å²) in [6.07, 6.45) is 5.08. The molecule has 1 unspecified atom stereocenters. The lowest BCUT2D eigenvalue weighted by Crippen LogP contribution is -2.29. The molecule has 0 saturated carbocycles. The van der Waals surface area contributed by atoms with Crippen LogP contribution in [0.3, 0.4) is 0 Å². The third kappa shape index (κ3) is 5.57. The zero-order chi connectivity index (χ0) is 7.82. The van der Waals surface area contributed by atoms with E-state index in [-0.39, 0.29) is 0 Å². The van der Waals surface area contributed by atoms with Crippen molar-refractivity contribution in [1.82, 2.24) is 10.6 Å². The van der Waals surface area contributed by atoms with E-state index < -0.39 is 6.23 Å². The molecule has 0 rings (SSSR count). The zero-order valence-electron chi connectivity index (χ0n) is 6.22. The summed E-state index contributed by atoms with van der Waals surface area (Å²) in [4.78, 5) is 0. The molecule has 0 spiro atoms. The van der Waals surface area contributed by atoms with Crippen molar-refractivity contribution >= 4 is 0 Å². The van der Waals surface area contributed by atoms with E-state index in [1.807, 2.05) is 7.05 Å². The fraction of sp³-hybridized carbons (Fsp3) is 0.714. The van der Waals surface area contributed by atoms with Gasteiger partial charge in [0.25, 0.3) is 0 Å². The highest BCUT2D eigenvalue weighted by atomic mass is 16.3. The van der Waals surface area contributed by atoms with Crippen molar-refractivity contribution in [2.24, 2.45) is 0 Å². The first-order chi connectivity index (χ1) is 4.81. The SMILES string of the molecule is C#CC(O)NCCCNC. The summed E-state index contributed by atoms with van der Waals surface area (Å²) >= 11 is 0. The number of terminal acetylenes is 1. The van der Waals surface area contributed by atoms with Gasteiger partial charge in [0.1, 0.15) is 0 Å². The molecule has 0 aliphatic heterocycles. The average Bonchev–Trinajstić information content (AvgIpc) is 1.98. The van der Waals surface area contributed by atoms with Gasteiger partial charge >= 0.3 is 0 Å². The first kappa shape index (κ1) is 9.44. The van der Waals surface area contributed by atoms with Crippen LogP contribution in [0.15, 0.2) is 0 Å². The van der Waals surface area contributed by atoms with Gasteiger partial charge in [0, 0.05) is 0 Å². The van der Waals surface area contributed by atoms with Crippen molar-refractivity contribution in [3.8, 4) is 12.3 Å². The van der Waals surface area contributed by atoms with Gasteiger partial charge in [0.05, 0.1) is 0 Å². The lowest BCUT2D eigenvalue weighted by atomic mass is 10.4. The molecule has 0 bridgehead atoms. The van der Waals surface area contributed by atoms with E-state index in [1.54, 1.807) is 0 Å². The minimum atomic E-state index is -0.795. The summed E-state index contributed by atoms with van der Waals surface area (Å²) < 4.78 is 0. The van der Waals surface area contributed by atoms with Gasteiger partial charge in [0.2, 0.25) is 0 Å². The lowest BCUT2D eigenvalue weighted by molar-refractivity contribution is 0.194. The van der Waals surface area contributed by atoms with E-state index in [0.717, 1.165) is 19.5 Å². The maximum atomic E-state index is 8.79. The van der Waals surface area contributed by atoms with Crippen LogP contribution in [0.5, 0.6) is 0 Å². The second-order valence-electron chi connectivity index (χ2n) is 1.98. The quantitative estimate of drug-likeness (QED) is 0.266. The van der Waals surface area contributed by atoms with Crippen molar-refractivity contribution in [2.75, 3.05) is 20.1 Å². The van der Waals surface area contributed by atoms with E-state index in [1.165, 1.54) is 0 Å². The Labute approximate surface area is 61.8 Å². The van der Waals surface area contributed by atoms with E-state index >= 15 is 0 Å². The fourth-order valence-electron chi connectivity index (χ4n) is 0.563. The molecule has 0 aromatic heterocycles. The van der Waals surface area contributed by atoms with Crippen LogP contribution < -0.4 is 10.6 Å². The van der Waals surface area contributed by atoms with Gasteiger partial charge in [0.15, 0.2) is 6.23 Å². The van der Waals surface area contributed by atoms with Crippen molar-refractivity contribution in [3.05, 3.63) is 0 Å². The molecule has 10 heavy (non-hydrogen) atoms. The van der Waals surface area contributed by atoms with Gasteiger partial charge in [-0.2, -0.15) is 0 Å². The highest BCUT2D eigenvalue weighted by Gasteiger charge is 1.93. The number of hydrogen-bond donors (Lipinski definition) is 3. The van der Waals surface area contributed by atoms with Gasteiger partial charge in [-0.3, -0.25) is 5.32 Å². The molecule has 3 N–H and O–H groups in total. The monoisotopic (exact) mass is 142 g/mol. The predicted octanol–water partition coefficient (Wildman–Crippen LogP) is -0.863. The Morgan fingerprint density at radius 2 is 2.30 bits per heavy atom. The third-order valence-corrected chi connectivity index (χ3v) is 1.10. The predicted molar refractivity (Wildman–Crippen MR) is 41.4 cm³/mol. The largest absolute Gasteiger partial charge is 0.367 e. The van der Waals surface area contributed by atoms with Crippen molar-refractivity contribution < 1.29 is 5.11 Å². The van der Waals surface area contributed by atoms with Crippen LogP contribution in [0, 0.1) is 12.3 Å². The van der Waals surface area contributed by atoms with Crippen LogP contribution >= 0.6 is 0 Å². The number of nitrogens with one attached hydrogen (secondary N) is 2. The van der Waals surface area contributed by atoms with Crippen LogP contribution in [0.1, 0.15) is 6.42 Å². The molecule has 3 nitrogen and oxygen atoms in total. The molecule has 0 heterocycles. The summed E-state index contributed by atoms with van der Waals surface area (Å²) in [5.41, 5.74) is 0. The third-order valence-electron chi connectivity index (χ3n) is 1.10.